The summed E-state index contributed by atoms with van der Waals surface area (Å²) in [4.78, 5) is 0. The first-order valence-corrected chi connectivity index (χ1v) is 7.84. The Morgan fingerprint density at radius 1 is 1.48 bits per heavy atom. The second-order valence-electron chi connectivity index (χ2n) is 5.60. The fraction of sp³-hybridized carbons (Fsp3) is 0.250. The van der Waals surface area contributed by atoms with E-state index in [4.69, 9.17) is 10.5 Å². The fourth-order valence-corrected chi connectivity index (χ4v) is 3.13. The predicted molar refractivity (Wildman–Crippen MR) is 86.1 cm³/mol. The van der Waals surface area contributed by atoms with Gasteiger partial charge in [-0.1, -0.05) is 29.8 Å². The Hall–Kier alpha value is -2.33. The quantitative estimate of drug-likeness (QED) is 0.836. The molecule has 2 aromatic rings. The number of halogens is 2. The number of allylic oxidation sites excluding steroid dienone is 1. The van der Waals surface area contributed by atoms with Crippen LogP contribution in [0.1, 0.15) is 42.5 Å². The fourth-order valence-electron chi connectivity index (χ4n) is 2.76. The zero-order valence-electron chi connectivity index (χ0n) is 12.5. The summed E-state index contributed by atoms with van der Waals surface area (Å²) < 4.78 is 20.6. The molecule has 23 heavy (non-hydrogen) atoms. The molecular formula is C16H14BrFN4O. The smallest absolute Gasteiger partial charge is 0.244 e. The minimum atomic E-state index is -0.655. The Labute approximate surface area is 141 Å². The summed E-state index contributed by atoms with van der Waals surface area (Å²) in [6.45, 7) is 3.96. The highest BCUT2D eigenvalue weighted by molar-refractivity contribution is 9.10. The van der Waals surface area contributed by atoms with Crippen LogP contribution in [0.3, 0.4) is 0 Å². The van der Waals surface area contributed by atoms with Crippen molar-refractivity contribution in [1.82, 2.24) is 10.2 Å². The average Bonchev–Trinajstić information content (AvgIpc) is 2.92. The van der Waals surface area contributed by atoms with Crippen LogP contribution in [0.4, 0.5) is 4.39 Å². The first kappa shape index (κ1) is 15.6. The van der Waals surface area contributed by atoms with Crippen molar-refractivity contribution >= 4 is 15.9 Å². The number of nitrogens with zero attached hydrogens (tertiary/aromatic N) is 2. The van der Waals surface area contributed by atoms with Crippen LogP contribution in [0.5, 0.6) is 5.88 Å². The summed E-state index contributed by atoms with van der Waals surface area (Å²) in [6, 6.07) is 6.67. The normalized spacial score (nSPS) is 17.0. The number of nitrogens with two attached hydrogens (primary N) is 1. The number of nitriles is 1. The van der Waals surface area contributed by atoms with Crippen molar-refractivity contribution in [3.63, 3.8) is 0 Å². The lowest BCUT2D eigenvalue weighted by Gasteiger charge is -2.25. The molecule has 7 heteroatoms. The van der Waals surface area contributed by atoms with Gasteiger partial charge >= 0.3 is 0 Å². The number of aromatic nitrogens is 2. The van der Waals surface area contributed by atoms with Crippen LogP contribution < -0.4 is 10.5 Å². The van der Waals surface area contributed by atoms with Gasteiger partial charge in [-0.3, -0.25) is 5.10 Å². The lowest BCUT2D eigenvalue weighted by Crippen LogP contribution is -2.22. The van der Waals surface area contributed by atoms with Crippen LogP contribution in [-0.4, -0.2) is 10.2 Å². The van der Waals surface area contributed by atoms with Crippen LogP contribution in [0, 0.1) is 17.1 Å². The monoisotopic (exact) mass is 376 g/mol. The van der Waals surface area contributed by atoms with Crippen molar-refractivity contribution in [1.29, 1.82) is 5.26 Å². The maximum Gasteiger partial charge on any atom is 0.244 e. The van der Waals surface area contributed by atoms with Gasteiger partial charge in [-0.05, 0) is 24.1 Å². The van der Waals surface area contributed by atoms with Crippen LogP contribution in [0.15, 0.2) is 34.1 Å². The molecule has 2 heterocycles. The number of fused-ring (bicyclic) bond motifs is 1. The number of hydrogen-bond acceptors (Lipinski definition) is 4. The molecule has 0 fully saturated rings. The highest BCUT2D eigenvalue weighted by Crippen LogP contribution is 2.45. The molecule has 3 N–H and O–H groups in total. The molecule has 0 bridgehead atoms. The van der Waals surface area contributed by atoms with Crippen molar-refractivity contribution in [3.05, 3.63) is 56.8 Å². The van der Waals surface area contributed by atoms with Gasteiger partial charge in [0.05, 0.1) is 11.5 Å². The Bertz CT molecular complexity index is 850. The summed E-state index contributed by atoms with van der Waals surface area (Å²) >= 11 is 3.35. The molecule has 1 atom stereocenters. The second-order valence-corrected chi connectivity index (χ2v) is 6.52. The van der Waals surface area contributed by atoms with E-state index in [2.05, 4.69) is 32.2 Å². The molecular weight excluding hydrogens is 363 g/mol. The third kappa shape index (κ3) is 2.49. The number of nitrogens with one attached hydrogen (secondary N) is 1. The molecule has 1 aliphatic heterocycles. The van der Waals surface area contributed by atoms with E-state index < -0.39 is 11.7 Å². The Balaban J connectivity index is 2.31. The van der Waals surface area contributed by atoms with Crippen molar-refractivity contribution < 1.29 is 9.13 Å². The van der Waals surface area contributed by atoms with E-state index in [0.29, 0.717) is 15.6 Å². The number of rotatable bonds is 2. The van der Waals surface area contributed by atoms with Gasteiger partial charge < -0.3 is 10.5 Å². The highest BCUT2D eigenvalue weighted by atomic mass is 79.9. The highest BCUT2D eigenvalue weighted by Gasteiger charge is 2.37. The molecule has 1 aliphatic rings. The first-order chi connectivity index (χ1) is 10.9. The molecule has 1 unspecified atom stereocenters. The van der Waals surface area contributed by atoms with Gasteiger partial charge in [-0.25, -0.2) is 4.39 Å². The topological polar surface area (TPSA) is 87.7 Å². The Morgan fingerprint density at radius 2 is 2.22 bits per heavy atom. The summed E-state index contributed by atoms with van der Waals surface area (Å²) in [6.07, 6.45) is 0. The van der Waals surface area contributed by atoms with E-state index in [1.165, 1.54) is 6.07 Å². The molecule has 1 aromatic heterocycles. The summed E-state index contributed by atoms with van der Waals surface area (Å²) in [7, 11) is 0. The van der Waals surface area contributed by atoms with E-state index in [9.17, 15) is 9.65 Å². The summed E-state index contributed by atoms with van der Waals surface area (Å²) in [5, 5.41) is 16.5. The molecule has 0 saturated carbocycles. The molecule has 0 spiro atoms. The number of H-pyrrole nitrogens is 1. The van der Waals surface area contributed by atoms with Crippen LogP contribution in [-0.2, 0) is 0 Å². The number of aromatic amines is 1. The SMILES string of the molecule is CC(C)c1[nH]nc2c1C(c1cc(Br)ccc1F)C(C#N)=C(N)O2. The van der Waals surface area contributed by atoms with Gasteiger partial charge in [0.2, 0.25) is 11.8 Å². The van der Waals surface area contributed by atoms with Crippen LogP contribution in [0.25, 0.3) is 0 Å². The van der Waals surface area contributed by atoms with Crippen molar-refractivity contribution in [2.24, 2.45) is 5.73 Å². The van der Waals surface area contributed by atoms with Crippen molar-refractivity contribution in [2.45, 2.75) is 25.7 Å². The van der Waals surface area contributed by atoms with Gasteiger partial charge in [-0.15, -0.1) is 5.10 Å². The van der Waals surface area contributed by atoms with Gasteiger partial charge in [-0.2, -0.15) is 5.26 Å². The van der Waals surface area contributed by atoms with Crippen LogP contribution in [0.2, 0.25) is 0 Å². The van der Waals surface area contributed by atoms with Crippen molar-refractivity contribution in [3.8, 4) is 11.9 Å². The standard InChI is InChI=1S/C16H14BrFN4O/c1-7(2)14-13-12(9-5-8(17)3-4-11(9)18)10(6-19)15(20)23-16(13)22-21-14/h3-5,7,12H,20H2,1-2H3,(H,21,22). The second kappa shape index (κ2) is 5.70. The van der Waals surface area contributed by atoms with Crippen LogP contribution >= 0.6 is 15.9 Å². The van der Waals surface area contributed by atoms with Crippen molar-refractivity contribution in [2.75, 3.05) is 0 Å². The number of benzene rings is 1. The largest absolute Gasteiger partial charge is 0.420 e. The molecule has 1 aromatic carbocycles. The molecule has 118 valence electrons. The van der Waals surface area contributed by atoms with Gasteiger partial charge in [0, 0.05) is 15.7 Å². The van der Waals surface area contributed by atoms with E-state index in [0.717, 1.165) is 5.69 Å². The van der Waals surface area contributed by atoms with E-state index in [-0.39, 0.29) is 23.3 Å². The number of hydrogen-bond donors (Lipinski definition) is 2. The molecule has 0 aliphatic carbocycles. The van der Waals surface area contributed by atoms with Gasteiger partial charge in [0.1, 0.15) is 17.5 Å². The zero-order chi connectivity index (χ0) is 16.7. The lowest BCUT2D eigenvalue weighted by atomic mass is 9.82. The van der Waals surface area contributed by atoms with Gasteiger partial charge in [0.25, 0.3) is 0 Å². The van der Waals surface area contributed by atoms with E-state index in [1.807, 2.05) is 13.8 Å². The summed E-state index contributed by atoms with van der Waals surface area (Å²) in [5.74, 6) is -0.729. The Morgan fingerprint density at radius 3 is 2.87 bits per heavy atom. The van der Waals surface area contributed by atoms with Gasteiger partial charge in [0.15, 0.2) is 0 Å². The zero-order valence-corrected chi connectivity index (χ0v) is 14.1. The third-order valence-corrected chi connectivity index (χ3v) is 4.31. The van der Waals surface area contributed by atoms with E-state index >= 15 is 0 Å². The average molecular weight is 377 g/mol. The van der Waals surface area contributed by atoms with E-state index in [1.54, 1.807) is 12.1 Å². The maximum atomic E-state index is 14.5. The Kier molecular flexibility index (Phi) is 3.86. The molecule has 0 radical (unpaired) electrons. The molecule has 3 rings (SSSR count). The summed E-state index contributed by atoms with van der Waals surface area (Å²) in [5.41, 5.74) is 7.84. The predicted octanol–water partition coefficient (Wildman–Crippen LogP) is 3.65. The first-order valence-electron chi connectivity index (χ1n) is 7.04. The number of ether oxygens (including phenoxy) is 1. The molecule has 0 amide bonds. The molecule has 0 saturated heterocycles. The maximum absolute atomic E-state index is 14.5. The minimum absolute atomic E-state index is 0.0498. The molecule has 5 nitrogen and oxygen atoms in total. The minimum Gasteiger partial charge on any atom is -0.420 e. The lowest BCUT2D eigenvalue weighted by molar-refractivity contribution is 0.377. The third-order valence-electron chi connectivity index (χ3n) is 3.81.